The van der Waals surface area contributed by atoms with Gasteiger partial charge in [-0.2, -0.15) is 0 Å². The van der Waals surface area contributed by atoms with Crippen molar-refractivity contribution in [2.75, 3.05) is 0 Å². The van der Waals surface area contributed by atoms with Gasteiger partial charge in [0.25, 0.3) is 0 Å². The molecule has 132 valence electrons. The molecule has 0 amide bonds. The molecule has 0 fully saturated rings. The zero-order chi connectivity index (χ0) is 16.9. The summed E-state index contributed by atoms with van der Waals surface area (Å²) >= 11 is 0. The zero-order valence-electron chi connectivity index (χ0n) is 16.2. The topological polar surface area (TPSA) is 0 Å². The molecule has 23 heavy (non-hydrogen) atoms. The molecule has 0 heteroatoms. The lowest BCUT2D eigenvalue weighted by Crippen LogP contribution is -2.13. The van der Waals surface area contributed by atoms with E-state index in [1.807, 2.05) is 0 Å². The minimum absolute atomic E-state index is 0.777. The molecule has 0 heterocycles. The van der Waals surface area contributed by atoms with E-state index < -0.39 is 0 Å². The Labute approximate surface area is 146 Å². The molecule has 0 saturated heterocycles. The van der Waals surface area contributed by atoms with Gasteiger partial charge in [0.15, 0.2) is 0 Å². The molecule has 2 atom stereocenters. The van der Waals surface area contributed by atoms with Gasteiger partial charge in [-0.05, 0) is 37.2 Å². The molecule has 1 aromatic rings. The first-order valence-electron chi connectivity index (χ1n) is 10.3. The summed E-state index contributed by atoms with van der Waals surface area (Å²) in [6, 6.07) is 9.40. The summed E-state index contributed by atoms with van der Waals surface area (Å²) in [6.45, 7) is 9.21. The predicted molar refractivity (Wildman–Crippen MR) is 105 cm³/mol. The Kier molecular flexibility index (Phi) is 11.1. The molecule has 1 aromatic carbocycles. The molecule has 2 unspecified atom stereocenters. The molecular formula is C23H40. The third-order valence-electron chi connectivity index (χ3n) is 5.40. The van der Waals surface area contributed by atoms with E-state index in [2.05, 4.69) is 52.0 Å². The van der Waals surface area contributed by atoms with E-state index in [-0.39, 0.29) is 0 Å². The van der Waals surface area contributed by atoms with Crippen molar-refractivity contribution in [1.29, 1.82) is 0 Å². The fourth-order valence-electron chi connectivity index (χ4n) is 3.80. The fraction of sp³-hybridized carbons (Fsp3) is 0.739. The van der Waals surface area contributed by atoms with Gasteiger partial charge in [0.05, 0.1) is 0 Å². The van der Waals surface area contributed by atoms with E-state index >= 15 is 0 Å². The second-order valence-corrected chi connectivity index (χ2v) is 7.38. The molecule has 0 aliphatic heterocycles. The van der Waals surface area contributed by atoms with Crippen molar-refractivity contribution in [1.82, 2.24) is 0 Å². The van der Waals surface area contributed by atoms with Crippen LogP contribution in [-0.2, 0) is 0 Å². The molecule has 0 bridgehead atoms. The maximum atomic E-state index is 2.40. The predicted octanol–water partition coefficient (Wildman–Crippen LogP) is 8.05. The van der Waals surface area contributed by atoms with Gasteiger partial charge in [0.1, 0.15) is 0 Å². The summed E-state index contributed by atoms with van der Waals surface area (Å²) < 4.78 is 0. The number of aryl methyl sites for hydroxylation is 1. The average Bonchev–Trinajstić information content (AvgIpc) is 2.57. The number of hydrogen-bond acceptors (Lipinski definition) is 0. The van der Waals surface area contributed by atoms with Crippen molar-refractivity contribution in [2.24, 2.45) is 5.92 Å². The van der Waals surface area contributed by atoms with Crippen LogP contribution in [0, 0.1) is 12.8 Å². The standard InChI is InChI=1S/C23H40/c1-5-8-10-11-13-15-23(21(7-3)14-12-9-6-2)22-18-16-20(4)17-19-22/h16-19,21,23H,5-15H2,1-4H3. The van der Waals surface area contributed by atoms with Crippen LogP contribution in [0.1, 0.15) is 108 Å². The summed E-state index contributed by atoms with van der Waals surface area (Å²) in [4.78, 5) is 0. The minimum atomic E-state index is 0.777. The Balaban J connectivity index is 2.67. The fourth-order valence-corrected chi connectivity index (χ4v) is 3.80. The normalized spacial score (nSPS) is 13.9. The van der Waals surface area contributed by atoms with Gasteiger partial charge in [-0.3, -0.25) is 0 Å². The summed E-state index contributed by atoms with van der Waals surface area (Å²) in [6.07, 6.45) is 15.3. The van der Waals surface area contributed by atoms with Gasteiger partial charge in [0.2, 0.25) is 0 Å². The van der Waals surface area contributed by atoms with Crippen molar-refractivity contribution in [3.8, 4) is 0 Å². The van der Waals surface area contributed by atoms with Crippen LogP contribution >= 0.6 is 0 Å². The zero-order valence-corrected chi connectivity index (χ0v) is 16.2. The van der Waals surface area contributed by atoms with Crippen molar-refractivity contribution < 1.29 is 0 Å². The maximum Gasteiger partial charge on any atom is -0.0134 e. The van der Waals surface area contributed by atoms with Crippen molar-refractivity contribution in [3.63, 3.8) is 0 Å². The average molecular weight is 317 g/mol. The molecule has 0 saturated carbocycles. The molecule has 0 nitrogen and oxygen atoms in total. The number of benzene rings is 1. The molecule has 0 radical (unpaired) electrons. The van der Waals surface area contributed by atoms with Gasteiger partial charge < -0.3 is 0 Å². The van der Waals surface area contributed by atoms with Crippen LogP contribution in [0.2, 0.25) is 0 Å². The maximum absolute atomic E-state index is 2.40. The van der Waals surface area contributed by atoms with E-state index in [9.17, 15) is 0 Å². The van der Waals surface area contributed by atoms with Crippen molar-refractivity contribution in [3.05, 3.63) is 35.4 Å². The quantitative estimate of drug-likeness (QED) is 0.323. The monoisotopic (exact) mass is 316 g/mol. The van der Waals surface area contributed by atoms with Crippen LogP contribution in [0.4, 0.5) is 0 Å². The van der Waals surface area contributed by atoms with Crippen LogP contribution in [0.3, 0.4) is 0 Å². The smallest absolute Gasteiger partial charge is 0.0134 e. The van der Waals surface area contributed by atoms with Crippen LogP contribution in [0.25, 0.3) is 0 Å². The highest BCUT2D eigenvalue weighted by molar-refractivity contribution is 5.25. The lowest BCUT2D eigenvalue weighted by atomic mass is 9.78. The number of unbranched alkanes of at least 4 members (excludes halogenated alkanes) is 6. The summed E-state index contributed by atoms with van der Waals surface area (Å²) in [5.74, 6) is 1.65. The highest BCUT2D eigenvalue weighted by Crippen LogP contribution is 2.35. The van der Waals surface area contributed by atoms with Crippen LogP contribution in [-0.4, -0.2) is 0 Å². The SMILES string of the molecule is CCCCCCCC(c1ccc(C)cc1)C(CC)CCCCC. The van der Waals surface area contributed by atoms with Crippen LogP contribution in [0.5, 0.6) is 0 Å². The third-order valence-corrected chi connectivity index (χ3v) is 5.40. The highest BCUT2D eigenvalue weighted by atomic mass is 14.3. The van der Waals surface area contributed by atoms with Gasteiger partial charge in [-0.25, -0.2) is 0 Å². The molecule has 1 rings (SSSR count). The first-order valence-corrected chi connectivity index (χ1v) is 10.3. The molecule has 0 aliphatic carbocycles. The number of rotatable bonds is 13. The van der Waals surface area contributed by atoms with Crippen LogP contribution in [0.15, 0.2) is 24.3 Å². The minimum Gasteiger partial charge on any atom is -0.0654 e. The van der Waals surface area contributed by atoms with E-state index in [0.29, 0.717) is 0 Å². The Hall–Kier alpha value is -0.780. The Morgan fingerprint density at radius 1 is 0.696 bits per heavy atom. The molecule has 0 N–H and O–H groups in total. The highest BCUT2D eigenvalue weighted by Gasteiger charge is 2.21. The van der Waals surface area contributed by atoms with Crippen LogP contribution < -0.4 is 0 Å². The lowest BCUT2D eigenvalue weighted by molar-refractivity contribution is 0.344. The number of hydrogen-bond donors (Lipinski definition) is 0. The molecule has 0 aromatic heterocycles. The van der Waals surface area contributed by atoms with Crippen molar-refractivity contribution in [2.45, 2.75) is 104 Å². The Bertz CT molecular complexity index is 376. The second kappa shape index (κ2) is 12.6. The Morgan fingerprint density at radius 3 is 1.87 bits per heavy atom. The van der Waals surface area contributed by atoms with Gasteiger partial charge >= 0.3 is 0 Å². The van der Waals surface area contributed by atoms with E-state index in [1.54, 1.807) is 5.56 Å². The molecule has 0 aliphatic rings. The summed E-state index contributed by atoms with van der Waals surface area (Å²) in [5, 5.41) is 0. The van der Waals surface area contributed by atoms with Gasteiger partial charge in [-0.1, -0.05) is 108 Å². The Morgan fingerprint density at radius 2 is 1.26 bits per heavy atom. The summed E-state index contributed by atoms with van der Waals surface area (Å²) in [5.41, 5.74) is 2.98. The first-order chi connectivity index (χ1) is 11.2. The molecule has 0 spiro atoms. The summed E-state index contributed by atoms with van der Waals surface area (Å²) in [7, 11) is 0. The van der Waals surface area contributed by atoms with E-state index in [1.165, 1.54) is 76.2 Å². The largest absolute Gasteiger partial charge is 0.0654 e. The van der Waals surface area contributed by atoms with E-state index in [4.69, 9.17) is 0 Å². The van der Waals surface area contributed by atoms with Gasteiger partial charge in [0, 0.05) is 0 Å². The second-order valence-electron chi connectivity index (χ2n) is 7.38. The lowest BCUT2D eigenvalue weighted by Gasteiger charge is -2.27. The van der Waals surface area contributed by atoms with Crippen molar-refractivity contribution >= 4 is 0 Å². The third kappa shape index (κ3) is 8.04. The van der Waals surface area contributed by atoms with Gasteiger partial charge in [-0.15, -0.1) is 0 Å². The van der Waals surface area contributed by atoms with E-state index in [0.717, 1.165) is 11.8 Å². The molecular weight excluding hydrogens is 276 g/mol. The first kappa shape index (κ1) is 20.3.